The lowest BCUT2D eigenvalue weighted by Gasteiger charge is -2.26. The number of carbonyl (C=O) groups excluding carboxylic acids is 3. The Hall–Kier alpha value is -3.47. The summed E-state index contributed by atoms with van der Waals surface area (Å²) < 4.78 is 0. The highest BCUT2D eigenvalue weighted by Crippen LogP contribution is 2.10. The summed E-state index contributed by atoms with van der Waals surface area (Å²) in [6.45, 7) is 3.08. The van der Waals surface area contributed by atoms with E-state index in [1.54, 1.807) is 44.2 Å². The van der Waals surface area contributed by atoms with Gasteiger partial charge in [0.25, 0.3) is 0 Å². The minimum atomic E-state index is -1.23. The molecule has 1 rings (SSSR count). The van der Waals surface area contributed by atoms with Crippen LogP contribution in [0, 0.1) is 5.92 Å². The van der Waals surface area contributed by atoms with Gasteiger partial charge in [-0.1, -0.05) is 50.6 Å². The van der Waals surface area contributed by atoms with E-state index in [0.29, 0.717) is 12.0 Å². The van der Waals surface area contributed by atoms with Crippen molar-refractivity contribution >= 4 is 29.7 Å². The van der Waals surface area contributed by atoms with Crippen LogP contribution in [-0.2, 0) is 30.4 Å². The molecule has 3 amide bonds. The van der Waals surface area contributed by atoms with E-state index in [9.17, 15) is 29.1 Å². The van der Waals surface area contributed by atoms with Crippen molar-refractivity contribution in [3.05, 3.63) is 35.9 Å². The van der Waals surface area contributed by atoms with E-state index < -0.39 is 60.8 Å². The van der Waals surface area contributed by atoms with Gasteiger partial charge in [0.2, 0.25) is 17.7 Å². The predicted molar refractivity (Wildman–Crippen MR) is 119 cm³/mol. The molecule has 11 nitrogen and oxygen atoms in total. The van der Waals surface area contributed by atoms with Crippen LogP contribution < -0.4 is 21.7 Å². The third-order valence-electron chi connectivity index (χ3n) is 5.18. The Morgan fingerprint density at radius 1 is 0.939 bits per heavy atom. The first-order valence-electron chi connectivity index (χ1n) is 10.7. The Labute approximate surface area is 192 Å². The summed E-state index contributed by atoms with van der Waals surface area (Å²) in [5.41, 5.74) is 5.98. The summed E-state index contributed by atoms with van der Waals surface area (Å²) in [6.07, 6.45) is -0.0398. The highest BCUT2D eigenvalue weighted by Gasteiger charge is 2.31. The number of hydrogen-bond acceptors (Lipinski definition) is 6. The lowest BCUT2D eigenvalue weighted by molar-refractivity contribution is -0.143. The molecule has 11 heteroatoms. The van der Waals surface area contributed by atoms with Crippen LogP contribution in [0.1, 0.15) is 38.7 Å². The smallest absolute Gasteiger partial charge is 0.326 e. The van der Waals surface area contributed by atoms with Crippen molar-refractivity contribution < 1.29 is 34.2 Å². The van der Waals surface area contributed by atoms with E-state index in [1.807, 2.05) is 0 Å². The molecular formula is C22H32N4O7. The standard InChI is InChI=1S/C22H32N4O7/c1-3-13(2)19(22(32)33)26-21(31)16(11-14-7-5-4-6-8-14)25-20(30)15(9-10-18(28)29)24-17(27)12-23/h4-8,13,15-16,19H,3,9-12,23H2,1-2H3,(H,24,27)(H,25,30)(H,26,31)(H,28,29)(H,32,33). The molecule has 182 valence electrons. The molecule has 4 atom stereocenters. The Bertz CT molecular complexity index is 831. The number of carbonyl (C=O) groups is 5. The topological polar surface area (TPSA) is 188 Å². The van der Waals surface area contributed by atoms with Crippen LogP contribution in [0.4, 0.5) is 0 Å². The average molecular weight is 465 g/mol. The van der Waals surface area contributed by atoms with Gasteiger partial charge in [0.1, 0.15) is 18.1 Å². The number of nitrogens with one attached hydrogen (secondary N) is 3. The second-order valence-electron chi connectivity index (χ2n) is 7.72. The molecule has 0 fully saturated rings. The van der Waals surface area contributed by atoms with Crippen LogP contribution in [0.2, 0.25) is 0 Å². The number of carboxylic acids is 2. The first-order chi connectivity index (χ1) is 15.6. The van der Waals surface area contributed by atoms with E-state index in [0.717, 1.165) is 0 Å². The van der Waals surface area contributed by atoms with Gasteiger partial charge in [0.15, 0.2) is 0 Å². The van der Waals surface area contributed by atoms with Crippen LogP contribution in [-0.4, -0.2) is 64.5 Å². The maximum Gasteiger partial charge on any atom is 0.326 e. The van der Waals surface area contributed by atoms with Gasteiger partial charge in [0, 0.05) is 12.8 Å². The minimum absolute atomic E-state index is 0.0573. The monoisotopic (exact) mass is 464 g/mol. The molecule has 0 saturated heterocycles. The first-order valence-corrected chi connectivity index (χ1v) is 10.7. The molecule has 7 N–H and O–H groups in total. The largest absolute Gasteiger partial charge is 0.481 e. The summed E-state index contributed by atoms with van der Waals surface area (Å²) in [7, 11) is 0. The zero-order valence-electron chi connectivity index (χ0n) is 18.7. The number of amides is 3. The molecule has 0 aliphatic rings. The Balaban J connectivity index is 3.11. The summed E-state index contributed by atoms with van der Waals surface area (Å²) in [5, 5.41) is 25.8. The van der Waals surface area contributed by atoms with Crippen LogP contribution in [0.25, 0.3) is 0 Å². The van der Waals surface area contributed by atoms with Crippen LogP contribution in [0.5, 0.6) is 0 Å². The third kappa shape index (κ3) is 9.69. The fourth-order valence-corrected chi connectivity index (χ4v) is 3.06. The average Bonchev–Trinajstić information content (AvgIpc) is 2.78. The molecule has 0 aliphatic carbocycles. The zero-order valence-corrected chi connectivity index (χ0v) is 18.7. The molecule has 4 unspecified atom stereocenters. The Kier molecular flexibility index (Phi) is 11.6. The van der Waals surface area contributed by atoms with Gasteiger partial charge in [-0.3, -0.25) is 19.2 Å². The first kappa shape index (κ1) is 27.6. The second-order valence-corrected chi connectivity index (χ2v) is 7.72. The molecule has 1 aromatic carbocycles. The number of rotatable bonds is 14. The number of nitrogens with two attached hydrogens (primary N) is 1. The molecular weight excluding hydrogens is 432 g/mol. The quantitative estimate of drug-likeness (QED) is 0.215. The minimum Gasteiger partial charge on any atom is -0.481 e. The second kappa shape index (κ2) is 13.8. The molecule has 33 heavy (non-hydrogen) atoms. The summed E-state index contributed by atoms with van der Waals surface area (Å²) in [5.74, 6) is -4.85. The van der Waals surface area contributed by atoms with Gasteiger partial charge in [-0.05, 0) is 17.9 Å². The predicted octanol–water partition coefficient (Wildman–Crippen LogP) is -0.362. The lowest BCUT2D eigenvalue weighted by Crippen LogP contribution is -2.57. The number of hydrogen-bond donors (Lipinski definition) is 6. The fraction of sp³-hybridized carbons (Fsp3) is 0.500. The molecule has 0 radical (unpaired) electrons. The lowest BCUT2D eigenvalue weighted by atomic mass is 9.98. The maximum absolute atomic E-state index is 13.0. The summed E-state index contributed by atoms with van der Waals surface area (Å²) >= 11 is 0. The zero-order chi connectivity index (χ0) is 25.0. The highest BCUT2D eigenvalue weighted by atomic mass is 16.4. The Morgan fingerprint density at radius 3 is 2.06 bits per heavy atom. The van der Waals surface area contributed by atoms with Crippen molar-refractivity contribution in [2.45, 2.75) is 57.7 Å². The van der Waals surface area contributed by atoms with E-state index in [4.69, 9.17) is 10.8 Å². The molecule has 0 heterocycles. The number of benzene rings is 1. The number of aliphatic carboxylic acids is 2. The van der Waals surface area contributed by atoms with Gasteiger partial charge in [-0.25, -0.2) is 4.79 Å². The van der Waals surface area contributed by atoms with Crippen molar-refractivity contribution in [1.29, 1.82) is 0 Å². The highest BCUT2D eigenvalue weighted by molar-refractivity contribution is 5.94. The maximum atomic E-state index is 13.0. The van der Waals surface area contributed by atoms with Crippen molar-refractivity contribution in [3.63, 3.8) is 0 Å². The van der Waals surface area contributed by atoms with E-state index in [2.05, 4.69) is 16.0 Å². The van der Waals surface area contributed by atoms with Gasteiger partial charge < -0.3 is 31.9 Å². The molecule has 0 aromatic heterocycles. The molecule has 0 aliphatic heterocycles. The van der Waals surface area contributed by atoms with Crippen LogP contribution in [0.15, 0.2) is 30.3 Å². The van der Waals surface area contributed by atoms with Gasteiger partial charge in [0.05, 0.1) is 6.54 Å². The summed E-state index contributed by atoms with van der Waals surface area (Å²) in [4.78, 5) is 60.1. The van der Waals surface area contributed by atoms with Crippen molar-refractivity contribution in [2.75, 3.05) is 6.54 Å². The van der Waals surface area contributed by atoms with E-state index in [1.165, 1.54) is 0 Å². The third-order valence-corrected chi connectivity index (χ3v) is 5.18. The summed E-state index contributed by atoms with van der Waals surface area (Å²) in [6, 6.07) is 5.23. The fourth-order valence-electron chi connectivity index (χ4n) is 3.06. The molecule has 0 saturated carbocycles. The molecule has 0 bridgehead atoms. The van der Waals surface area contributed by atoms with Crippen molar-refractivity contribution in [1.82, 2.24) is 16.0 Å². The van der Waals surface area contributed by atoms with E-state index >= 15 is 0 Å². The van der Waals surface area contributed by atoms with Crippen LogP contribution in [0.3, 0.4) is 0 Å². The normalized spacial score (nSPS) is 14.3. The van der Waals surface area contributed by atoms with E-state index in [-0.39, 0.29) is 18.8 Å². The Morgan fingerprint density at radius 2 is 1.55 bits per heavy atom. The van der Waals surface area contributed by atoms with Crippen molar-refractivity contribution in [2.24, 2.45) is 11.7 Å². The molecule has 0 spiro atoms. The van der Waals surface area contributed by atoms with Gasteiger partial charge in [-0.2, -0.15) is 0 Å². The molecule has 1 aromatic rings. The van der Waals surface area contributed by atoms with Gasteiger partial charge in [-0.15, -0.1) is 0 Å². The SMILES string of the molecule is CCC(C)C(NC(=O)C(Cc1ccccc1)NC(=O)C(CCC(=O)O)NC(=O)CN)C(=O)O. The number of carboxylic acid groups (broad SMARTS) is 2. The van der Waals surface area contributed by atoms with Crippen molar-refractivity contribution in [3.8, 4) is 0 Å². The van der Waals surface area contributed by atoms with Gasteiger partial charge >= 0.3 is 11.9 Å². The van der Waals surface area contributed by atoms with Crippen LogP contribution >= 0.6 is 0 Å².